The number of ether oxygens (including phenoxy) is 1. The van der Waals surface area contributed by atoms with Gasteiger partial charge in [0.25, 0.3) is 0 Å². The van der Waals surface area contributed by atoms with Gasteiger partial charge in [-0.05, 0) is 59.7 Å². The van der Waals surface area contributed by atoms with Gasteiger partial charge in [-0.15, -0.1) is 4.36 Å². The third-order valence-electron chi connectivity index (χ3n) is 4.76. The Morgan fingerprint density at radius 2 is 2.03 bits per heavy atom. The number of aliphatic hydroxyl groups is 1. The molecule has 0 aliphatic carbocycles. The highest BCUT2D eigenvalue weighted by Gasteiger charge is 2.57. The van der Waals surface area contributed by atoms with Crippen LogP contribution in [0.1, 0.15) is 47.1 Å². The van der Waals surface area contributed by atoms with E-state index in [1.54, 1.807) is 53.7 Å². The van der Waals surface area contributed by atoms with Gasteiger partial charge in [-0.25, -0.2) is 13.7 Å². The summed E-state index contributed by atoms with van der Waals surface area (Å²) in [7, 11) is -2.82. The highest BCUT2D eigenvalue weighted by molar-refractivity contribution is 9.10. The Morgan fingerprint density at radius 3 is 2.60 bits per heavy atom. The van der Waals surface area contributed by atoms with E-state index in [-0.39, 0.29) is 30.3 Å². The molecular formula is C20H30BrFN3O4S+. The maximum absolute atomic E-state index is 14.8. The second-order valence-electron chi connectivity index (χ2n) is 8.88. The number of halogens is 2. The normalized spacial score (nSPS) is 26.0. The minimum absolute atomic E-state index is 0.0199. The van der Waals surface area contributed by atoms with Gasteiger partial charge in [-0.1, -0.05) is 15.9 Å². The highest BCUT2D eigenvalue weighted by atomic mass is 79.9. The highest BCUT2D eigenvalue weighted by Crippen LogP contribution is 2.42. The molecule has 0 radical (unpaired) electrons. The molecule has 1 amide bonds. The number of hydrogen-bond donors (Lipinski definition) is 3. The Hall–Kier alpha value is -1.36. The van der Waals surface area contributed by atoms with Crippen LogP contribution in [0.3, 0.4) is 0 Å². The fourth-order valence-electron chi connectivity index (χ4n) is 3.17. The van der Waals surface area contributed by atoms with E-state index in [0.29, 0.717) is 4.47 Å². The van der Waals surface area contributed by atoms with Gasteiger partial charge in [0.2, 0.25) is 0 Å². The van der Waals surface area contributed by atoms with Gasteiger partial charge < -0.3 is 9.84 Å². The number of alkyl carbamates (subject to hydrolysis) is 1. The number of amidine groups is 1. The molecule has 168 valence electrons. The molecule has 0 spiro atoms. The summed E-state index contributed by atoms with van der Waals surface area (Å²) < 4.78 is 35.7. The zero-order chi connectivity index (χ0) is 23.0. The van der Waals surface area contributed by atoms with Crippen molar-refractivity contribution >= 4 is 38.0 Å². The molecule has 1 aliphatic heterocycles. The number of aliphatic hydroxyl groups excluding tert-OH is 1. The van der Waals surface area contributed by atoms with Crippen LogP contribution in [0.2, 0.25) is 0 Å². The number of carbonyl (C=O) groups is 1. The van der Waals surface area contributed by atoms with Crippen LogP contribution < -0.4 is 5.32 Å². The molecule has 0 saturated heterocycles. The summed E-state index contributed by atoms with van der Waals surface area (Å²) >= 11 is 3.35. The van der Waals surface area contributed by atoms with E-state index < -0.39 is 37.9 Å². The summed E-state index contributed by atoms with van der Waals surface area (Å²) in [6, 6.07) is 4.50. The summed E-state index contributed by atoms with van der Waals surface area (Å²) in [4.78, 5) is 17.2. The van der Waals surface area contributed by atoms with Crippen molar-refractivity contribution in [3.05, 3.63) is 34.1 Å². The van der Waals surface area contributed by atoms with Gasteiger partial charge in [0, 0.05) is 10.0 Å². The fourth-order valence-corrected chi connectivity index (χ4v) is 6.10. The maximum Gasteiger partial charge on any atom is 0.413 e. The van der Waals surface area contributed by atoms with E-state index in [1.807, 2.05) is 0 Å². The van der Waals surface area contributed by atoms with E-state index in [4.69, 9.17) is 9.73 Å². The number of amides is 1. The number of hydrogen-bond acceptors (Lipinski definition) is 5. The van der Waals surface area contributed by atoms with Gasteiger partial charge >= 0.3 is 6.09 Å². The van der Waals surface area contributed by atoms with Crippen LogP contribution in [0.4, 0.5) is 9.18 Å². The lowest BCUT2D eigenvalue weighted by Gasteiger charge is -2.40. The molecule has 2 rings (SSSR count). The van der Waals surface area contributed by atoms with Crippen molar-refractivity contribution in [1.29, 1.82) is 0 Å². The number of nitrogens with zero attached hydrogens (tertiary/aromatic N) is 2. The molecule has 30 heavy (non-hydrogen) atoms. The third-order valence-corrected chi connectivity index (χ3v) is 8.66. The zero-order valence-electron chi connectivity index (χ0n) is 18.1. The van der Waals surface area contributed by atoms with E-state index in [1.165, 1.54) is 6.07 Å². The summed E-state index contributed by atoms with van der Waals surface area (Å²) in [6.07, 6.45) is -0.725. The van der Waals surface area contributed by atoms with Crippen LogP contribution in [0, 0.1) is 5.82 Å². The predicted molar refractivity (Wildman–Crippen MR) is 122 cm³/mol. The molecule has 1 aromatic rings. The third kappa shape index (κ3) is 5.27. The number of nitrogens with one attached hydrogen (secondary N) is 1. The topological polar surface area (TPSA) is 104 Å². The minimum atomic E-state index is -2.82. The van der Waals surface area contributed by atoms with Crippen LogP contribution in [0.25, 0.3) is 0 Å². The molecule has 2 atom stereocenters. The SMILES string of the molecule is CC(C)(C)OC(=O)NC1=N[C@](C)(c2cc(Br)ccc2F)C[S+](O)(=NCCO)C1(C)C. The number of carbonyl (C=O) groups excluding carboxylic acids is 1. The molecule has 3 N–H and O–H groups in total. The summed E-state index contributed by atoms with van der Waals surface area (Å²) in [5.41, 5.74) is -1.66. The second-order valence-corrected chi connectivity index (χ2v) is 12.7. The number of aliphatic imine (C=N–C) groups is 1. The molecule has 0 aromatic heterocycles. The monoisotopic (exact) mass is 506 g/mol. The molecule has 1 aliphatic rings. The number of rotatable bonds is 3. The first-order chi connectivity index (χ1) is 13.6. The molecule has 1 aromatic carbocycles. The van der Waals surface area contributed by atoms with Crippen molar-refractivity contribution in [2.75, 3.05) is 18.9 Å². The van der Waals surface area contributed by atoms with Crippen molar-refractivity contribution in [3.63, 3.8) is 0 Å². The minimum Gasteiger partial charge on any atom is -0.444 e. The Balaban J connectivity index is 2.66. The summed E-state index contributed by atoms with van der Waals surface area (Å²) in [5.74, 6) is -0.284. The fraction of sp³-hybridized carbons (Fsp3) is 0.600. The molecular weight excluding hydrogens is 477 g/mol. The van der Waals surface area contributed by atoms with Crippen LogP contribution in [0.5, 0.6) is 0 Å². The molecule has 0 saturated carbocycles. The molecule has 0 bridgehead atoms. The van der Waals surface area contributed by atoms with Crippen molar-refractivity contribution in [1.82, 2.24) is 5.32 Å². The van der Waals surface area contributed by atoms with Crippen LogP contribution in [-0.4, -0.2) is 50.8 Å². The average molecular weight is 507 g/mol. The Labute approximate surface area is 186 Å². The summed E-state index contributed by atoms with van der Waals surface area (Å²) in [5, 5.41) is 11.9. The molecule has 1 heterocycles. The summed E-state index contributed by atoms with van der Waals surface area (Å²) in [6.45, 7) is 10.1. The van der Waals surface area contributed by atoms with E-state index in [2.05, 4.69) is 25.6 Å². The first kappa shape index (κ1) is 24.9. The van der Waals surface area contributed by atoms with Gasteiger partial charge in [0.15, 0.2) is 16.3 Å². The molecule has 7 nitrogen and oxygen atoms in total. The maximum atomic E-state index is 14.8. The smallest absolute Gasteiger partial charge is 0.413 e. The van der Waals surface area contributed by atoms with Crippen LogP contribution in [0.15, 0.2) is 32.0 Å². The van der Waals surface area contributed by atoms with E-state index in [0.717, 1.165) is 0 Å². The van der Waals surface area contributed by atoms with Crippen LogP contribution in [-0.2, 0) is 20.4 Å². The Bertz CT molecular complexity index is 914. The number of benzene rings is 1. The predicted octanol–water partition coefficient (Wildman–Crippen LogP) is 4.32. The van der Waals surface area contributed by atoms with Gasteiger partial charge in [0.1, 0.15) is 33.6 Å². The lowest BCUT2D eigenvalue weighted by Crippen LogP contribution is -2.60. The Morgan fingerprint density at radius 1 is 1.40 bits per heavy atom. The zero-order valence-corrected chi connectivity index (χ0v) is 20.5. The second kappa shape index (κ2) is 8.64. The Kier molecular flexibility index (Phi) is 7.18. The first-order valence-electron chi connectivity index (χ1n) is 9.52. The van der Waals surface area contributed by atoms with Gasteiger partial charge in [-0.3, -0.25) is 10.3 Å². The quantitative estimate of drug-likeness (QED) is 0.530. The molecule has 10 heteroatoms. The first-order valence-corrected chi connectivity index (χ1v) is 12.0. The van der Waals surface area contributed by atoms with Crippen molar-refractivity contribution in [3.8, 4) is 0 Å². The van der Waals surface area contributed by atoms with Gasteiger partial charge in [0.05, 0.1) is 6.61 Å². The lowest BCUT2D eigenvalue weighted by molar-refractivity contribution is 0.0560. The van der Waals surface area contributed by atoms with E-state index >= 15 is 0 Å². The lowest BCUT2D eigenvalue weighted by atomic mass is 9.93. The molecule has 0 fully saturated rings. The van der Waals surface area contributed by atoms with Crippen molar-refractivity contribution in [2.24, 2.45) is 9.36 Å². The largest absolute Gasteiger partial charge is 0.444 e. The standard InChI is InChI=1S/C20H29BrFN3O4S/c1-18(2,3)29-17(27)24-16-19(4,5)30(28,23-9-10-26)12-20(6,25-16)14-11-13(21)7-8-15(14)22/h7-8,11,26H,9-10,12H2,1-6H3,(H-,23,24,25,27,28)/p+1/t20-,30?/m0/s1. The average Bonchev–Trinajstić information content (AvgIpc) is 2.58. The van der Waals surface area contributed by atoms with Crippen molar-refractivity contribution in [2.45, 2.75) is 57.4 Å². The van der Waals surface area contributed by atoms with Crippen LogP contribution >= 0.6 is 15.9 Å². The van der Waals surface area contributed by atoms with Gasteiger partial charge in [-0.2, -0.15) is 0 Å². The molecule has 1 unspecified atom stereocenters. The van der Waals surface area contributed by atoms with Crippen molar-refractivity contribution < 1.29 is 23.6 Å². The van der Waals surface area contributed by atoms with E-state index in [9.17, 15) is 18.8 Å².